The number of benzene rings is 3. The number of rotatable bonds is 4. The molecule has 0 radical (unpaired) electrons. The van der Waals surface area contributed by atoms with Crippen molar-refractivity contribution in [1.29, 1.82) is 0 Å². The second kappa shape index (κ2) is 8.08. The summed E-state index contributed by atoms with van der Waals surface area (Å²) in [5.74, 6) is -0.585. The molecule has 5 nitrogen and oxygen atoms in total. The molecule has 3 aromatic carbocycles. The fraction of sp³-hybridized carbons (Fsp3) is 0.222. The van der Waals surface area contributed by atoms with E-state index in [2.05, 4.69) is 5.32 Å². The van der Waals surface area contributed by atoms with E-state index in [1.165, 1.54) is 0 Å². The Morgan fingerprint density at radius 3 is 2.31 bits per heavy atom. The van der Waals surface area contributed by atoms with Gasteiger partial charge in [-0.25, -0.2) is 4.79 Å². The maximum absolute atomic E-state index is 13.5. The second-order valence-electron chi connectivity index (χ2n) is 8.46. The zero-order chi connectivity index (χ0) is 22.1. The summed E-state index contributed by atoms with van der Waals surface area (Å²) in [6.45, 7) is -0.265. The topological polar surface area (TPSA) is 66.5 Å². The highest BCUT2D eigenvalue weighted by Gasteiger charge is 2.53. The molecule has 0 aromatic heterocycles. The lowest BCUT2D eigenvalue weighted by Crippen LogP contribution is -2.44. The van der Waals surface area contributed by atoms with Gasteiger partial charge in [0.05, 0.1) is 6.54 Å². The molecule has 2 aliphatic rings. The minimum absolute atomic E-state index is 0.257. The number of carbonyl (C=O) groups is 3. The third-order valence-corrected chi connectivity index (χ3v) is 6.52. The van der Waals surface area contributed by atoms with Gasteiger partial charge in [-0.3, -0.25) is 14.5 Å². The summed E-state index contributed by atoms with van der Waals surface area (Å²) in [6.07, 6.45) is 3.23. The SMILES string of the molecule is O=C(CN1C(=O)N[C@]2(CCCCc3ccccc32)C1=O)c1ccc(-c2ccccc2)cc1. The molecule has 0 bridgehead atoms. The summed E-state index contributed by atoms with van der Waals surface area (Å²) in [5, 5.41) is 2.94. The molecule has 1 N–H and O–H groups in total. The zero-order valence-electron chi connectivity index (χ0n) is 17.7. The van der Waals surface area contributed by atoms with E-state index < -0.39 is 11.6 Å². The summed E-state index contributed by atoms with van der Waals surface area (Å²) in [7, 11) is 0. The third kappa shape index (κ3) is 3.40. The monoisotopic (exact) mass is 424 g/mol. The molecule has 3 aromatic rings. The van der Waals surface area contributed by atoms with Crippen LogP contribution >= 0.6 is 0 Å². The molecule has 0 saturated carbocycles. The predicted octanol–water partition coefficient (Wildman–Crippen LogP) is 4.71. The van der Waals surface area contributed by atoms with E-state index in [9.17, 15) is 14.4 Å². The van der Waals surface area contributed by atoms with Crippen molar-refractivity contribution in [3.05, 3.63) is 95.6 Å². The number of amides is 3. The molecule has 5 heteroatoms. The van der Waals surface area contributed by atoms with E-state index in [1.54, 1.807) is 12.1 Å². The summed E-state index contributed by atoms with van der Waals surface area (Å²) >= 11 is 0. The molecular weight excluding hydrogens is 400 g/mol. The molecule has 32 heavy (non-hydrogen) atoms. The smallest absolute Gasteiger partial charge is 0.319 e. The van der Waals surface area contributed by atoms with Crippen LogP contribution in [0.3, 0.4) is 0 Å². The summed E-state index contributed by atoms with van der Waals surface area (Å²) in [4.78, 5) is 40.4. The fourth-order valence-electron chi connectivity index (χ4n) is 4.83. The van der Waals surface area contributed by atoms with Crippen LogP contribution in [0.1, 0.15) is 40.7 Å². The molecule has 1 aliphatic heterocycles. The van der Waals surface area contributed by atoms with E-state index in [4.69, 9.17) is 0 Å². The van der Waals surface area contributed by atoms with E-state index in [0.717, 1.165) is 46.4 Å². The van der Waals surface area contributed by atoms with Crippen LogP contribution in [-0.2, 0) is 16.8 Å². The third-order valence-electron chi connectivity index (χ3n) is 6.52. The Hall–Kier alpha value is -3.73. The van der Waals surface area contributed by atoms with E-state index in [1.807, 2.05) is 66.7 Å². The Kier molecular flexibility index (Phi) is 5.10. The van der Waals surface area contributed by atoms with Crippen molar-refractivity contribution in [3.63, 3.8) is 0 Å². The Morgan fingerprint density at radius 1 is 0.844 bits per heavy atom. The van der Waals surface area contributed by atoms with E-state index in [-0.39, 0.29) is 18.2 Å². The molecular formula is C27H24N2O3. The number of nitrogens with zero attached hydrogens (tertiary/aromatic N) is 1. The van der Waals surface area contributed by atoms with Crippen LogP contribution in [-0.4, -0.2) is 29.2 Å². The van der Waals surface area contributed by atoms with Crippen molar-refractivity contribution < 1.29 is 14.4 Å². The highest BCUT2D eigenvalue weighted by molar-refractivity contribution is 6.11. The van der Waals surface area contributed by atoms with Gasteiger partial charge in [-0.05, 0) is 47.9 Å². The minimum atomic E-state index is -1.07. The molecule has 3 amide bonds. The maximum Gasteiger partial charge on any atom is 0.325 e. The minimum Gasteiger partial charge on any atom is -0.319 e. The van der Waals surface area contributed by atoms with Crippen LogP contribution in [0.25, 0.3) is 11.1 Å². The lowest BCUT2D eigenvalue weighted by Gasteiger charge is -2.27. The van der Waals surface area contributed by atoms with Crippen LogP contribution in [0.15, 0.2) is 78.9 Å². The van der Waals surface area contributed by atoms with Gasteiger partial charge in [0.25, 0.3) is 5.91 Å². The number of ketones is 1. The van der Waals surface area contributed by atoms with E-state index in [0.29, 0.717) is 12.0 Å². The van der Waals surface area contributed by atoms with Gasteiger partial charge in [0, 0.05) is 5.56 Å². The highest BCUT2D eigenvalue weighted by Crippen LogP contribution is 2.39. The Balaban J connectivity index is 1.38. The van der Waals surface area contributed by atoms with Crippen LogP contribution in [0.2, 0.25) is 0 Å². The number of nitrogens with one attached hydrogen (secondary N) is 1. The fourth-order valence-corrected chi connectivity index (χ4v) is 4.83. The van der Waals surface area contributed by atoms with Crippen molar-refractivity contribution in [2.45, 2.75) is 31.2 Å². The lowest BCUT2D eigenvalue weighted by atomic mass is 9.84. The van der Waals surface area contributed by atoms with Crippen molar-refractivity contribution in [3.8, 4) is 11.1 Å². The number of imide groups is 1. The number of carbonyl (C=O) groups excluding carboxylic acids is 3. The van der Waals surface area contributed by atoms with Gasteiger partial charge in [0.15, 0.2) is 5.78 Å². The number of hydrogen-bond donors (Lipinski definition) is 1. The van der Waals surface area contributed by atoms with Gasteiger partial charge >= 0.3 is 6.03 Å². The van der Waals surface area contributed by atoms with Crippen molar-refractivity contribution in [2.75, 3.05) is 6.54 Å². The van der Waals surface area contributed by atoms with Gasteiger partial charge in [0.2, 0.25) is 0 Å². The predicted molar refractivity (Wildman–Crippen MR) is 122 cm³/mol. The zero-order valence-corrected chi connectivity index (χ0v) is 17.7. The Labute approximate surface area is 187 Å². The molecule has 5 rings (SSSR count). The lowest BCUT2D eigenvalue weighted by molar-refractivity contribution is -0.131. The molecule has 1 fully saturated rings. The number of aryl methyl sites for hydroxylation is 1. The summed E-state index contributed by atoms with van der Waals surface area (Å²) in [6, 6.07) is 24.5. The number of fused-ring (bicyclic) bond motifs is 2. The molecule has 0 unspecified atom stereocenters. The molecule has 1 saturated heterocycles. The maximum atomic E-state index is 13.5. The number of hydrogen-bond acceptors (Lipinski definition) is 3. The van der Waals surface area contributed by atoms with Crippen LogP contribution in [0.4, 0.5) is 4.79 Å². The van der Waals surface area contributed by atoms with Crippen LogP contribution in [0, 0.1) is 0 Å². The molecule has 1 spiro atoms. The first-order valence-electron chi connectivity index (χ1n) is 11.0. The van der Waals surface area contributed by atoms with Gasteiger partial charge in [-0.2, -0.15) is 0 Å². The summed E-state index contributed by atoms with van der Waals surface area (Å²) in [5.41, 5.74) is 3.43. The standard InChI is InChI=1S/C27H24N2O3/c30-24(22-15-13-20(14-16-22)19-8-2-1-3-9-19)18-29-25(31)27(28-26(29)32)17-7-6-11-21-10-4-5-12-23(21)27/h1-5,8-10,12-16H,6-7,11,17-18H2,(H,28,32)/t27-/m0/s1. The Bertz CT molecular complexity index is 1190. The first-order chi connectivity index (χ1) is 15.6. The highest BCUT2D eigenvalue weighted by atomic mass is 16.2. The second-order valence-corrected chi connectivity index (χ2v) is 8.46. The van der Waals surface area contributed by atoms with Gasteiger partial charge in [-0.15, -0.1) is 0 Å². The molecule has 1 aliphatic carbocycles. The van der Waals surface area contributed by atoms with E-state index >= 15 is 0 Å². The number of urea groups is 1. The summed E-state index contributed by atoms with van der Waals surface area (Å²) < 4.78 is 0. The molecule has 160 valence electrons. The van der Waals surface area contributed by atoms with Crippen LogP contribution < -0.4 is 5.32 Å². The van der Waals surface area contributed by atoms with Crippen molar-refractivity contribution in [2.24, 2.45) is 0 Å². The van der Waals surface area contributed by atoms with Crippen molar-refractivity contribution >= 4 is 17.7 Å². The van der Waals surface area contributed by atoms with Crippen LogP contribution in [0.5, 0.6) is 0 Å². The average Bonchev–Trinajstić information content (AvgIpc) is 2.97. The average molecular weight is 425 g/mol. The first-order valence-corrected chi connectivity index (χ1v) is 11.0. The molecule has 1 atom stereocenters. The number of Topliss-reactive ketones (excluding diaryl/α,β-unsaturated/α-hetero) is 1. The quantitative estimate of drug-likeness (QED) is 0.487. The Morgan fingerprint density at radius 2 is 1.53 bits per heavy atom. The molecule has 1 heterocycles. The normalized spacial score (nSPS) is 20.1. The largest absolute Gasteiger partial charge is 0.325 e. The first kappa shape index (κ1) is 20.2. The van der Waals surface area contributed by atoms with Gasteiger partial charge < -0.3 is 5.32 Å². The van der Waals surface area contributed by atoms with Crippen molar-refractivity contribution in [1.82, 2.24) is 10.2 Å². The van der Waals surface area contributed by atoms with Gasteiger partial charge in [0.1, 0.15) is 5.54 Å². The van der Waals surface area contributed by atoms with Gasteiger partial charge in [-0.1, -0.05) is 78.9 Å².